The van der Waals surface area contributed by atoms with Crippen LogP contribution in [0.25, 0.3) is 0 Å². The predicted octanol–water partition coefficient (Wildman–Crippen LogP) is 3.50. The lowest BCUT2D eigenvalue weighted by molar-refractivity contribution is 0.0688. The van der Waals surface area contributed by atoms with E-state index in [0.717, 1.165) is 6.07 Å². The SMILES string of the molecule is O=C(O)c1cnn(C2CCN(C(=O)c3cc(F)c(Cl)cc3Cl)CC2)c1. The van der Waals surface area contributed by atoms with Crippen LogP contribution in [0.15, 0.2) is 24.5 Å². The third-order valence-corrected chi connectivity index (χ3v) is 4.82. The summed E-state index contributed by atoms with van der Waals surface area (Å²) in [5.41, 5.74) is 0.205. The molecule has 0 atom stereocenters. The summed E-state index contributed by atoms with van der Waals surface area (Å²) in [4.78, 5) is 25.1. The van der Waals surface area contributed by atoms with Gasteiger partial charge in [0.2, 0.25) is 0 Å². The Bertz CT molecular complexity index is 832. The molecule has 1 aromatic carbocycles. The molecular weight excluding hydrogens is 372 g/mol. The van der Waals surface area contributed by atoms with E-state index < -0.39 is 11.8 Å². The number of carbonyl (C=O) groups is 2. The molecule has 0 unspecified atom stereocenters. The fraction of sp³-hybridized carbons (Fsp3) is 0.312. The van der Waals surface area contributed by atoms with E-state index in [4.69, 9.17) is 28.3 Å². The maximum absolute atomic E-state index is 13.6. The summed E-state index contributed by atoms with van der Waals surface area (Å²) in [5, 5.41) is 13.0. The number of piperidine rings is 1. The highest BCUT2D eigenvalue weighted by Gasteiger charge is 2.27. The average Bonchev–Trinajstić information content (AvgIpc) is 3.08. The van der Waals surface area contributed by atoms with E-state index in [1.807, 2.05) is 0 Å². The number of carboxylic acids is 1. The van der Waals surface area contributed by atoms with Crippen molar-refractivity contribution in [2.45, 2.75) is 18.9 Å². The Hall–Kier alpha value is -2.12. The molecule has 0 radical (unpaired) electrons. The first-order valence-electron chi connectivity index (χ1n) is 7.58. The highest BCUT2D eigenvalue weighted by Crippen LogP contribution is 2.28. The van der Waals surface area contributed by atoms with Crippen LogP contribution in [-0.4, -0.2) is 44.8 Å². The zero-order valence-corrected chi connectivity index (χ0v) is 14.5. The number of halogens is 3. The molecule has 0 bridgehead atoms. The van der Waals surface area contributed by atoms with Gasteiger partial charge in [-0.3, -0.25) is 9.48 Å². The van der Waals surface area contributed by atoms with E-state index in [9.17, 15) is 14.0 Å². The number of hydrogen-bond acceptors (Lipinski definition) is 3. The lowest BCUT2D eigenvalue weighted by atomic mass is 10.0. The fourth-order valence-electron chi connectivity index (χ4n) is 2.84. The summed E-state index contributed by atoms with van der Waals surface area (Å²) in [6.07, 6.45) is 4.01. The molecule has 1 aliphatic heterocycles. The van der Waals surface area contributed by atoms with Crippen LogP contribution < -0.4 is 0 Å². The number of carboxylic acid groups (broad SMARTS) is 1. The maximum Gasteiger partial charge on any atom is 0.338 e. The molecule has 1 N–H and O–H groups in total. The molecular formula is C16H14Cl2FN3O3. The molecule has 2 aromatic rings. The van der Waals surface area contributed by atoms with Crippen molar-refractivity contribution >= 4 is 35.1 Å². The highest BCUT2D eigenvalue weighted by atomic mass is 35.5. The Balaban J connectivity index is 1.68. The number of hydrogen-bond donors (Lipinski definition) is 1. The van der Waals surface area contributed by atoms with Crippen molar-refractivity contribution < 1.29 is 19.1 Å². The molecule has 1 fully saturated rings. The number of rotatable bonds is 3. The summed E-state index contributed by atoms with van der Waals surface area (Å²) < 4.78 is 15.2. The summed E-state index contributed by atoms with van der Waals surface area (Å²) >= 11 is 11.7. The highest BCUT2D eigenvalue weighted by molar-refractivity contribution is 6.36. The molecule has 1 saturated heterocycles. The van der Waals surface area contributed by atoms with E-state index in [2.05, 4.69) is 5.10 Å². The van der Waals surface area contributed by atoms with Crippen molar-refractivity contribution in [1.82, 2.24) is 14.7 Å². The Morgan fingerprint density at radius 1 is 1.20 bits per heavy atom. The second-order valence-electron chi connectivity index (χ2n) is 5.78. The molecule has 25 heavy (non-hydrogen) atoms. The third-order valence-electron chi connectivity index (χ3n) is 4.21. The minimum atomic E-state index is -1.03. The zero-order valence-electron chi connectivity index (χ0n) is 13.0. The number of likely N-dealkylation sites (tertiary alicyclic amines) is 1. The van der Waals surface area contributed by atoms with Gasteiger partial charge in [-0.1, -0.05) is 23.2 Å². The second kappa shape index (κ2) is 7.01. The van der Waals surface area contributed by atoms with Crippen LogP contribution in [0.1, 0.15) is 39.6 Å². The number of nitrogens with zero attached hydrogens (tertiary/aromatic N) is 3. The van der Waals surface area contributed by atoms with Crippen molar-refractivity contribution in [3.8, 4) is 0 Å². The quantitative estimate of drug-likeness (QED) is 0.820. The van der Waals surface area contributed by atoms with Crippen LogP contribution in [0.2, 0.25) is 10.0 Å². The average molecular weight is 386 g/mol. The van der Waals surface area contributed by atoms with E-state index in [-0.39, 0.29) is 33.1 Å². The van der Waals surface area contributed by atoms with Gasteiger partial charge in [0, 0.05) is 19.3 Å². The van der Waals surface area contributed by atoms with Gasteiger partial charge in [0.25, 0.3) is 5.91 Å². The van der Waals surface area contributed by atoms with E-state index in [0.29, 0.717) is 25.9 Å². The summed E-state index contributed by atoms with van der Waals surface area (Å²) in [5.74, 6) is -2.08. The number of amides is 1. The predicted molar refractivity (Wildman–Crippen MR) is 89.8 cm³/mol. The second-order valence-corrected chi connectivity index (χ2v) is 6.60. The molecule has 2 heterocycles. The molecule has 9 heteroatoms. The van der Waals surface area contributed by atoms with Crippen molar-refractivity contribution in [1.29, 1.82) is 0 Å². The molecule has 3 rings (SSSR count). The van der Waals surface area contributed by atoms with Crippen LogP contribution in [0.5, 0.6) is 0 Å². The Kier molecular flexibility index (Phi) is 4.96. The summed E-state index contributed by atoms with van der Waals surface area (Å²) in [6.45, 7) is 0.874. The fourth-order valence-corrected chi connectivity index (χ4v) is 3.30. The van der Waals surface area contributed by atoms with Crippen LogP contribution >= 0.6 is 23.2 Å². The van der Waals surface area contributed by atoms with Crippen LogP contribution in [0.4, 0.5) is 4.39 Å². The third kappa shape index (κ3) is 3.62. The first kappa shape index (κ1) is 17.7. The lowest BCUT2D eigenvalue weighted by Crippen LogP contribution is -2.39. The number of aromatic carboxylic acids is 1. The molecule has 1 amide bonds. The van der Waals surface area contributed by atoms with Gasteiger partial charge in [-0.2, -0.15) is 5.10 Å². The van der Waals surface area contributed by atoms with Gasteiger partial charge < -0.3 is 10.0 Å². The van der Waals surface area contributed by atoms with Gasteiger partial charge in [-0.25, -0.2) is 9.18 Å². The largest absolute Gasteiger partial charge is 0.478 e. The van der Waals surface area contributed by atoms with E-state index in [1.165, 1.54) is 18.5 Å². The number of benzene rings is 1. The van der Waals surface area contributed by atoms with E-state index in [1.54, 1.807) is 9.58 Å². The monoisotopic (exact) mass is 385 g/mol. The number of carbonyl (C=O) groups excluding carboxylic acids is 1. The van der Waals surface area contributed by atoms with E-state index >= 15 is 0 Å². The van der Waals surface area contributed by atoms with Gasteiger partial charge in [-0.05, 0) is 25.0 Å². The van der Waals surface area contributed by atoms with Crippen LogP contribution in [0.3, 0.4) is 0 Å². The Morgan fingerprint density at radius 2 is 1.88 bits per heavy atom. The zero-order chi connectivity index (χ0) is 18.1. The summed E-state index contributed by atoms with van der Waals surface area (Å²) in [7, 11) is 0. The van der Waals surface area contributed by atoms with Gasteiger partial charge in [0.1, 0.15) is 5.82 Å². The molecule has 6 nitrogen and oxygen atoms in total. The standard InChI is InChI=1S/C16H14Cl2FN3O3/c17-12-6-13(18)14(19)5-11(12)15(23)21-3-1-10(2-4-21)22-8-9(7-20-22)16(24)25/h5-8,10H,1-4H2,(H,24,25). The molecule has 0 saturated carbocycles. The van der Waals surface area contributed by atoms with Gasteiger partial charge >= 0.3 is 5.97 Å². The molecule has 1 aliphatic rings. The first-order chi connectivity index (χ1) is 11.9. The lowest BCUT2D eigenvalue weighted by Gasteiger charge is -2.32. The first-order valence-corrected chi connectivity index (χ1v) is 8.33. The van der Waals surface area contributed by atoms with Crippen molar-refractivity contribution in [3.05, 3.63) is 51.5 Å². The van der Waals surface area contributed by atoms with Gasteiger partial charge in [0.05, 0.1) is 33.4 Å². The van der Waals surface area contributed by atoms with Gasteiger partial charge in [0.15, 0.2) is 0 Å². The minimum absolute atomic E-state index is 0.00887. The van der Waals surface area contributed by atoms with Crippen LogP contribution in [0, 0.1) is 5.82 Å². The van der Waals surface area contributed by atoms with Crippen LogP contribution in [-0.2, 0) is 0 Å². The maximum atomic E-state index is 13.6. The van der Waals surface area contributed by atoms with Crippen molar-refractivity contribution in [2.75, 3.05) is 13.1 Å². The van der Waals surface area contributed by atoms with Gasteiger partial charge in [-0.15, -0.1) is 0 Å². The molecule has 1 aromatic heterocycles. The molecule has 0 spiro atoms. The van der Waals surface area contributed by atoms with Crippen molar-refractivity contribution in [2.24, 2.45) is 0 Å². The molecule has 132 valence electrons. The Morgan fingerprint density at radius 3 is 2.48 bits per heavy atom. The normalized spacial score (nSPS) is 15.4. The smallest absolute Gasteiger partial charge is 0.338 e. The minimum Gasteiger partial charge on any atom is -0.478 e. The Labute approximate surface area is 152 Å². The summed E-state index contributed by atoms with van der Waals surface area (Å²) in [6, 6.07) is 2.27. The molecule has 0 aliphatic carbocycles. The number of aromatic nitrogens is 2. The van der Waals surface area contributed by atoms with Crippen molar-refractivity contribution in [3.63, 3.8) is 0 Å². The topological polar surface area (TPSA) is 75.4 Å².